The number of halogens is 4. The van der Waals surface area contributed by atoms with E-state index in [9.17, 15) is 27.2 Å². The van der Waals surface area contributed by atoms with Crippen molar-refractivity contribution in [2.45, 2.75) is 58.8 Å². The highest BCUT2D eigenvalue weighted by Crippen LogP contribution is 2.30. The molecule has 0 radical (unpaired) electrons. The first-order valence-electron chi connectivity index (χ1n) is 10.0. The highest BCUT2D eigenvalue weighted by molar-refractivity contribution is 5.96. The molecule has 166 valence electrons. The molecule has 2 atom stereocenters. The van der Waals surface area contributed by atoms with E-state index >= 15 is 0 Å². The Labute approximate surface area is 174 Å². The minimum absolute atomic E-state index is 0.128. The number of hydrogen-bond acceptors (Lipinski definition) is 2. The van der Waals surface area contributed by atoms with E-state index in [1.165, 1.54) is 4.90 Å². The van der Waals surface area contributed by atoms with E-state index in [-0.39, 0.29) is 23.4 Å². The Kier molecular flexibility index (Phi) is 7.66. The molecule has 0 spiro atoms. The van der Waals surface area contributed by atoms with Crippen LogP contribution in [0.3, 0.4) is 0 Å². The van der Waals surface area contributed by atoms with Crippen LogP contribution in [0.15, 0.2) is 24.3 Å². The molecule has 1 N–H and O–H groups in total. The van der Waals surface area contributed by atoms with Crippen molar-refractivity contribution in [3.8, 4) is 0 Å². The van der Waals surface area contributed by atoms with Gasteiger partial charge in [-0.05, 0) is 42.9 Å². The van der Waals surface area contributed by atoms with Crippen molar-refractivity contribution in [1.29, 1.82) is 0 Å². The third-order valence-corrected chi connectivity index (χ3v) is 4.91. The van der Waals surface area contributed by atoms with E-state index in [1.54, 1.807) is 0 Å². The maximum Gasteiger partial charge on any atom is 0.416 e. The molecule has 8 heteroatoms. The summed E-state index contributed by atoms with van der Waals surface area (Å²) in [7, 11) is 0. The summed E-state index contributed by atoms with van der Waals surface area (Å²) in [6, 6.07) is 1.34. The monoisotopic (exact) mass is 428 g/mol. The number of nitrogens with one attached hydrogen (secondary N) is 1. The predicted octanol–water partition coefficient (Wildman–Crippen LogP) is 4.65. The highest BCUT2D eigenvalue weighted by atomic mass is 19.4. The number of carbonyl (C=O) groups is 2. The molecule has 1 aliphatic heterocycles. The van der Waals surface area contributed by atoms with Crippen LogP contribution in [0.25, 0.3) is 6.08 Å². The molecule has 30 heavy (non-hydrogen) atoms. The van der Waals surface area contributed by atoms with E-state index in [2.05, 4.69) is 5.32 Å². The molecule has 0 saturated carbocycles. The summed E-state index contributed by atoms with van der Waals surface area (Å²) in [5.41, 5.74) is -1.22. The van der Waals surface area contributed by atoms with Crippen molar-refractivity contribution in [2.75, 3.05) is 6.54 Å². The van der Waals surface area contributed by atoms with Crippen LogP contribution in [0, 0.1) is 17.7 Å². The number of amides is 2. The van der Waals surface area contributed by atoms with Crippen molar-refractivity contribution in [1.82, 2.24) is 10.2 Å². The van der Waals surface area contributed by atoms with Gasteiger partial charge in [-0.3, -0.25) is 9.59 Å². The van der Waals surface area contributed by atoms with E-state index in [1.807, 2.05) is 27.7 Å². The molecule has 0 aromatic heterocycles. The van der Waals surface area contributed by atoms with Gasteiger partial charge in [0, 0.05) is 24.2 Å². The van der Waals surface area contributed by atoms with Crippen LogP contribution < -0.4 is 5.32 Å². The Bertz CT molecular complexity index is 803. The SMILES string of the molecule is CC(C)CC1CN(C(=O)/C=C/c2ccc(C(F)(F)F)cc2F)C(CC(C)C)C(=O)N1. The number of carbonyl (C=O) groups excluding carboxylic acids is 2. The summed E-state index contributed by atoms with van der Waals surface area (Å²) >= 11 is 0. The molecule has 2 unspecified atom stereocenters. The largest absolute Gasteiger partial charge is 0.416 e. The summed E-state index contributed by atoms with van der Waals surface area (Å²) in [5, 5.41) is 2.97. The molecule has 1 heterocycles. The maximum absolute atomic E-state index is 14.0. The lowest BCUT2D eigenvalue weighted by Crippen LogP contribution is -2.61. The fraction of sp³-hybridized carbons (Fsp3) is 0.545. The van der Waals surface area contributed by atoms with Gasteiger partial charge in [0.1, 0.15) is 11.9 Å². The summed E-state index contributed by atoms with van der Waals surface area (Å²) < 4.78 is 52.1. The van der Waals surface area contributed by atoms with Crippen molar-refractivity contribution in [2.24, 2.45) is 11.8 Å². The molecule has 1 aromatic rings. The minimum atomic E-state index is -4.64. The highest BCUT2D eigenvalue weighted by Gasteiger charge is 2.37. The normalized spacial score (nSPS) is 20.3. The van der Waals surface area contributed by atoms with Crippen molar-refractivity contribution < 1.29 is 27.2 Å². The Morgan fingerprint density at radius 2 is 1.83 bits per heavy atom. The van der Waals surface area contributed by atoms with Gasteiger partial charge >= 0.3 is 6.18 Å². The predicted molar refractivity (Wildman–Crippen MR) is 107 cm³/mol. The summed E-state index contributed by atoms with van der Waals surface area (Å²) in [5.74, 6) is -1.26. The van der Waals surface area contributed by atoms with Crippen LogP contribution >= 0.6 is 0 Å². The van der Waals surface area contributed by atoms with E-state index in [0.717, 1.165) is 24.3 Å². The van der Waals surface area contributed by atoms with Gasteiger partial charge in [0.05, 0.1) is 5.56 Å². The Hall–Kier alpha value is -2.38. The molecule has 0 bridgehead atoms. The van der Waals surface area contributed by atoms with E-state index < -0.39 is 29.5 Å². The van der Waals surface area contributed by atoms with Gasteiger partial charge in [-0.15, -0.1) is 0 Å². The molecule has 4 nitrogen and oxygen atoms in total. The molecule has 0 aliphatic carbocycles. The second-order valence-corrected chi connectivity index (χ2v) is 8.54. The number of rotatable bonds is 6. The zero-order valence-electron chi connectivity index (χ0n) is 17.6. The molecule has 2 rings (SSSR count). The smallest absolute Gasteiger partial charge is 0.350 e. The molecule has 2 amide bonds. The quantitative estimate of drug-likeness (QED) is 0.530. The first-order valence-corrected chi connectivity index (χ1v) is 10.0. The zero-order chi connectivity index (χ0) is 22.6. The lowest BCUT2D eigenvalue weighted by molar-refractivity contribution is -0.142. The second kappa shape index (κ2) is 9.62. The van der Waals surface area contributed by atoms with Gasteiger partial charge < -0.3 is 10.2 Å². The van der Waals surface area contributed by atoms with Crippen LogP contribution in [-0.4, -0.2) is 35.3 Å². The topological polar surface area (TPSA) is 49.4 Å². The molecule has 1 aromatic carbocycles. The lowest BCUT2D eigenvalue weighted by Gasteiger charge is -2.40. The van der Waals surface area contributed by atoms with E-state index in [4.69, 9.17) is 0 Å². The molecule has 1 fully saturated rings. The second-order valence-electron chi connectivity index (χ2n) is 8.54. The number of alkyl halides is 3. The third-order valence-electron chi connectivity index (χ3n) is 4.91. The Morgan fingerprint density at radius 1 is 1.20 bits per heavy atom. The first-order chi connectivity index (χ1) is 13.9. The third kappa shape index (κ3) is 6.31. The average Bonchev–Trinajstić information content (AvgIpc) is 2.60. The van der Waals surface area contributed by atoms with Crippen LogP contribution in [0.2, 0.25) is 0 Å². The number of nitrogens with zero attached hydrogens (tertiary/aromatic N) is 1. The van der Waals surface area contributed by atoms with Crippen LogP contribution in [-0.2, 0) is 15.8 Å². The average molecular weight is 428 g/mol. The van der Waals surface area contributed by atoms with Crippen LogP contribution in [0.1, 0.15) is 51.7 Å². The van der Waals surface area contributed by atoms with Crippen molar-refractivity contribution in [3.63, 3.8) is 0 Å². The molecular formula is C22H28F4N2O2. The van der Waals surface area contributed by atoms with Crippen molar-refractivity contribution in [3.05, 3.63) is 41.2 Å². The lowest BCUT2D eigenvalue weighted by atomic mass is 9.95. The fourth-order valence-electron chi connectivity index (χ4n) is 3.57. The summed E-state index contributed by atoms with van der Waals surface area (Å²) in [6.45, 7) is 8.27. The first kappa shape index (κ1) is 23.9. The van der Waals surface area contributed by atoms with Crippen molar-refractivity contribution >= 4 is 17.9 Å². The van der Waals surface area contributed by atoms with Gasteiger partial charge in [0.15, 0.2) is 0 Å². The number of benzene rings is 1. The van der Waals surface area contributed by atoms with Gasteiger partial charge in [-0.25, -0.2) is 4.39 Å². The summed E-state index contributed by atoms with van der Waals surface area (Å²) in [4.78, 5) is 26.9. The fourth-order valence-corrected chi connectivity index (χ4v) is 3.57. The van der Waals surface area contributed by atoms with Gasteiger partial charge in [-0.2, -0.15) is 13.2 Å². The van der Waals surface area contributed by atoms with Gasteiger partial charge in [0.25, 0.3) is 0 Å². The number of piperazine rings is 1. The van der Waals surface area contributed by atoms with Crippen LogP contribution in [0.4, 0.5) is 17.6 Å². The zero-order valence-corrected chi connectivity index (χ0v) is 17.6. The minimum Gasteiger partial charge on any atom is -0.350 e. The Morgan fingerprint density at radius 3 is 2.37 bits per heavy atom. The molecule has 1 aliphatic rings. The van der Waals surface area contributed by atoms with E-state index in [0.29, 0.717) is 31.4 Å². The summed E-state index contributed by atoms with van der Waals surface area (Å²) in [6.07, 6.45) is -1.19. The van der Waals surface area contributed by atoms with Gasteiger partial charge in [-0.1, -0.05) is 33.8 Å². The maximum atomic E-state index is 14.0. The Balaban J connectivity index is 2.23. The molecular weight excluding hydrogens is 400 g/mol. The van der Waals surface area contributed by atoms with Crippen LogP contribution in [0.5, 0.6) is 0 Å². The number of hydrogen-bond donors (Lipinski definition) is 1. The standard InChI is InChI=1S/C22H28F4N2O2/c1-13(2)9-17-12-28(19(10-14(3)4)21(30)27-17)20(29)8-6-15-5-7-16(11-18(15)23)22(24,25)26/h5-8,11,13-14,17,19H,9-10,12H2,1-4H3,(H,27,30)/b8-6+. The van der Waals surface area contributed by atoms with Gasteiger partial charge in [0.2, 0.25) is 11.8 Å². The molecule has 1 saturated heterocycles.